The van der Waals surface area contributed by atoms with Crippen molar-refractivity contribution in [1.29, 1.82) is 0 Å². The Morgan fingerprint density at radius 1 is 1.26 bits per heavy atom. The molecule has 0 aliphatic rings. The summed E-state index contributed by atoms with van der Waals surface area (Å²) in [7, 11) is -3.67. The van der Waals surface area contributed by atoms with Crippen molar-refractivity contribution in [3.63, 3.8) is 0 Å². The van der Waals surface area contributed by atoms with Crippen LogP contribution in [0, 0.1) is 13.8 Å². The highest BCUT2D eigenvalue weighted by atomic mass is 35.5. The van der Waals surface area contributed by atoms with E-state index in [4.69, 9.17) is 11.6 Å². The van der Waals surface area contributed by atoms with Crippen LogP contribution in [0.5, 0.6) is 0 Å². The zero-order valence-electron chi connectivity index (χ0n) is 10.5. The maximum Gasteiger partial charge on any atom is 0.275 e. The van der Waals surface area contributed by atoms with Crippen molar-refractivity contribution in [1.82, 2.24) is 9.97 Å². The second kappa shape index (κ2) is 5.35. The molecule has 0 saturated carbocycles. The van der Waals surface area contributed by atoms with Gasteiger partial charge in [0, 0.05) is 4.88 Å². The van der Waals surface area contributed by atoms with Crippen LogP contribution in [-0.2, 0) is 16.4 Å². The normalized spacial score (nSPS) is 11.8. The van der Waals surface area contributed by atoms with Crippen molar-refractivity contribution in [2.45, 2.75) is 31.4 Å². The van der Waals surface area contributed by atoms with Crippen LogP contribution in [0.1, 0.15) is 23.2 Å². The first-order valence-corrected chi connectivity index (χ1v) is 8.95. The zero-order chi connectivity index (χ0) is 14.2. The summed E-state index contributed by atoms with van der Waals surface area (Å²) in [4.78, 5) is 9.17. The van der Waals surface area contributed by atoms with Gasteiger partial charge in [0.15, 0.2) is 13.8 Å². The van der Waals surface area contributed by atoms with Gasteiger partial charge in [-0.05, 0) is 20.3 Å². The Balaban J connectivity index is 2.33. The molecule has 0 bridgehead atoms. The third-order valence-corrected chi connectivity index (χ3v) is 6.69. The van der Waals surface area contributed by atoms with Gasteiger partial charge in [0.1, 0.15) is 0 Å². The largest absolute Gasteiger partial charge is 0.275 e. The minimum absolute atomic E-state index is 0.128. The summed E-state index contributed by atoms with van der Waals surface area (Å²) < 4.78 is 27.2. The average molecular weight is 338 g/mol. The lowest BCUT2D eigenvalue weighted by molar-refractivity contribution is 0.602. The Bertz CT molecular complexity index is 706. The molecule has 0 aromatic carbocycles. The van der Waals surface area contributed by atoms with Gasteiger partial charge in [-0.15, -0.1) is 11.3 Å². The number of aromatic nitrogens is 2. The van der Waals surface area contributed by atoms with Crippen LogP contribution >= 0.6 is 34.3 Å². The molecule has 9 heteroatoms. The zero-order valence-corrected chi connectivity index (χ0v) is 13.7. The van der Waals surface area contributed by atoms with Crippen molar-refractivity contribution in [3.05, 3.63) is 20.7 Å². The average Bonchev–Trinajstić information content (AvgIpc) is 2.81. The van der Waals surface area contributed by atoms with E-state index in [1.807, 2.05) is 13.8 Å². The van der Waals surface area contributed by atoms with E-state index in [0.29, 0.717) is 10.8 Å². The molecule has 0 saturated heterocycles. The quantitative estimate of drug-likeness (QED) is 0.929. The smallest absolute Gasteiger partial charge is 0.254 e. The number of sulfonamides is 1. The minimum Gasteiger partial charge on any atom is -0.254 e. The molecule has 1 N–H and O–H groups in total. The minimum atomic E-state index is -3.67. The van der Waals surface area contributed by atoms with E-state index >= 15 is 0 Å². The molecule has 0 fully saturated rings. The monoisotopic (exact) mass is 337 g/mol. The number of thiazole rings is 2. The lowest BCUT2D eigenvalue weighted by Crippen LogP contribution is -2.12. The van der Waals surface area contributed by atoms with Crippen molar-refractivity contribution < 1.29 is 8.42 Å². The molecular weight excluding hydrogens is 326 g/mol. The molecule has 0 atom stereocenters. The van der Waals surface area contributed by atoms with E-state index in [2.05, 4.69) is 14.7 Å². The van der Waals surface area contributed by atoms with Crippen LogP contribution in [-0.4, -0.2) is 18.4 Å². The van der Waals surface area contributed by atoms with Gasteiger partial charge < -0.3 is 0 Å². The topological polar surface area (TPSA) is 72.0 Å². The standard InChI is InChI=1S/C10H12ClN3O2S3/c1-4-7-6(3)17-10(13-7)14-19(15,16)8-5(2)12-9(11)18-8/h4H2,1-3H3,(H,13,14). The number of hydrogen-bond acceptors (Lipinski definition) is 6. The molecule has 0 amide bonds. The third-order valence-electron chi connectivity index (χ3n) is 2.42. The summed E-state index contributed by atoms with van der Waals surface area (Å²) in [5, 5.41) is 0.373. The highest BCUT2D eigenvalue weighted by molar-refractivity contribution is 7.95. The Morgan fingerprint density at radius 2 is 1.95 bits per heavy atom. The molecule has 0 aliphatic carbocycles. The number of nitrogens with one attached hydrogen (secondary N) is 1. The van der Waals surface area contributed by atoms with E-state index in [9.17, 15) is 8.42 Å². The summed E-state index contributed by atoms with van der Waals surface area (Å²) >= 11 is 7.99. The van der Waals surface area contributed by atoms with Gasteiger partial charge in [-0.1, -0.05) is 29.9 Å². The molecule has 0 unspecified atom stereocenters. The van der Waals surface area contributed by atoms with Crippen LogP contribution in [0.2, 0.25) is 4.47 Å². The highest BCUT2D eigenvalue weighted by Crippen LogP contribution is 2.30. The van der Waals surface area contributed by atoms with Crippen LogP contribution in [0.3, 0.4) is 0 Å². The van der Waals surface area contributed by atoms with Crippen LogP contribution in [0.4, 0.5) is 5.13 Å². The Labute approximate surface area is 124 Å². The number of nitrogens with zero attached hydrogens (tertiary/aromatic N) is 2. The van der Waals surface area contributed by atoms with Crippen molar-refractivity contribution in [2.24, 2.45) is 0 Å². The van der Waals surface area contributed by atoms with Gasteiger partial charge in [-0.3, -0.25) is 4.72 Å². The Morgan fingerprint density at radius 3 is 2.42 bits per heavy atom. The second-order valence-electron chi connectivity index (χ2n) is 3.82. The summed E-state index contributed by atoms with van der Waals surface area (Å²) in [6.45, 7) is 5.51. The summed E-state index contributed by atoms with van der Waals surface area (Å²) in [6.07, 6.45) is 0.773. The molecule has 0 radical (unpaired) electrons. The second-order valence-corrected chi connectivity index (χ2v) is 8.48. The number of anilines is 1. The van der Waals surface area contributed by atoms with Crippen molar-refractivity contribution in [3.8, 4) is 0 Å². The van der Waals surface area contributed by atoms with Gasteiger partial charge in [-0.25, -0.2) is 18.4 Å². The summed E-state index contributed by atoms with van der Waals surface area (Å²) in [5.41, 5.74) is 1.30. The first-order valence-electron chi connectivity index (χ1n) is 5.45. The third kappa shape index (κ3) is 3.07. The summed E-state index contributed by atoms with van der Waals surface area (Å²) in [5.74, 6) is 0. The van der Waals surface area contributed by atoms with Gasteiger partial charge in [0.05, 0.1) is 11.4 Å². The predicted molar refractivity (Wildman–Crippen MR) is 78.9 cm³/mol. The first-order chi connectivity index (χ1) is 8.83. The molecular formula is C10H12ClN3O2S3. The number of rotatable bonds is 4. The van der Waals surface area contributed by atoms with Crippen LogP contribution < -0.4 is 4.72 Å². The number of aryl methyl sites for hydroxylation is 3. The maximum atomic E-state index is 12.2. The Hall–Kier alpha value is -0.700. The maximum absolute atomic E-state index is 12.2. The molecule has 104 valence electrons. The molecule has 2 aromatic heterocycles. The SMILES string of the molecule is CCc1nc(NS(=O)(=O)c2sc(Cl)nc2C)sc1C. The predicted octanol–water partition coefficient (Wildman–Crippen LogP) is 3.23. The number of halogens is 1. The van der Waals surface area contributed by atoms with E-state index in [0.717, 1.165) is 28.3 Å². The van der Waals surface area contributed by atoms with E-state index in [-0.39, 0.29) is 8.68 Å². The fourth-order valence-electron chi connectivity index (χ4n) is 1.56. The summed E-state index contributed by atoms with van der Waals surface area (Å²) in [6, 6.07) is 0. The van der Waals surface area contributed by atoms with E-state index in [1.54, 1.807) is 6.92 Å². The van der Waals surface area contributed by atoms with Crippen LogP contribution in [0.25, 0.3) is 0 Å². The molecule has 2 heterocycles. The lowest BCUT2D eigenvalue weighted by Gasteiger charge is -2.02. The van der Waals surface area contributed by atoms with E-state index < -0.39 is 10.0 Å². The first kappa shape index (κ1) is 14.7. The van der Waals surface area contributed by atoms with Gasteiger partial charge in [0.25, 0.3) is 10.0 Å². The lowest BCUT2D eigenvalue weighted by atomic mass is 10.3. The molecule has 2 aromatic rings. The fraction of sp³-hybridized carbons (Fsp3) is 0.400. The molecule has 2 rings (SSSR count). The molecule has 5 nitrogen and oxygen atoms in total. The van der Waals surface area contributed by atoms with Crippen molar-refractivity contribution >= 4 is 49.4 Å². The van der Waals surface area contributed by atoms with Gasteiger partial charge in [-0.2, -0.15) is 0 Å². The highest BCUT2D eigenvalue weighted by Gasteiger charge is 2.23. The fourth-order valence-corrected chi connectivity index (χ4v) is 5.44. The van der Waals surface area contributed by atoms with Crippen LogP contribution in [0.15, 0.2) is 4.21 Å². The molecule has 0 aliphatic heterocycles. The molecule has 19 heavy (non-hydrogen) atoms. The van der Waals surface area contributed by atoms with Gasteiger partial charge >= 0.3 is 0 Å². The van der Waals surface area contributed by atoms with E-state index in [1.165, 1.54) is 11.3 Å². The van der Waals surface area contributed by atoms with Gasteiger partial charge in [0.2, 0.25) is 0 Å². The molecule has 0 spiro atoms. The number of hydrogen-bond donors (Lipinski definition) is 1. The Kier molecular flexibility index (Phi) is 4.14. The van der Waals surface area contributed by atoms with Crippen molar-refractivity contribution in [2.75, 3.05) is 4.72 Å².